The van der Waals surface area contributed by atoms with Gasteiger partial charge >= 0.3 is 0 Å². The van der Waals surface area contributed by atoms with Crippen LogP contribution in [0.5, 0.6) is 0 Å². The molecule has 212 valence electrons. The number of fused-ring (bicyclic) bond motifs is 3. The molecule has 7 rings (SSSR count). The van der Waals surface area contributed by atoms with Crippen LogP contribution in [0.2, 0.25) is 0 Å². The van der Waals surface area contributed by atoms with Crippen LogP contribution >= 0.6 is 0 Å². The summed E-state index contributed by atoms with van der Waals surface area (Å²) in [6, 6.07) is 25.0. The first-order valence-corrected chi connectivity index (χ1v) is 14.6. The van der Waals surface area contributed by atoms with Crippen molar-refractivity contribution in [2.45, 2.75) is 49.3 Å². The maximum atomic E-state index is 13.4. The number of morpholine rings is 1. The number of nitrogens with zero attached hydrogens (tertiary/aromatic N) is 2. The summed E-state index contributed by atoms with van der Waals surface area (Å²) < 4.78 is 11.4. The third-order valence-corrected chi connectivity index (χ3v) is 9.18. The van der Waals surface area contributed by atoms with E-state index >= 15 is 0 Å². The molecule has 2 atom stereocenters. The summed E-state index contributed by atoms with van der Waals surface area (Å²) in [5, 5.41) is 22.1. The van der Waals surface area contributed by atoms with Crippen molar-refractivity contribution < 1.29 is 19.4 Å². The van der Waals surface area contributed by atoms with E-state index in [0.29, 0.717) is 38.5 Å². The number of aliphatic hydroxyl groups excluding tert-OH is 1. The minimum absolute atomic E-state index is 0.0859. The lowest BCUT2D eigenvalue weighted by atomic mass is 9.74. The van der Waals surface area contributed by atoms with E-state index in [9.17, 15) is 9.90 Å². The predicted molar refractivity (Wildman–Crippen MR) is 158 cm³/mol. The maximum Gasteiger partial charge on any atom is 0.251 e. The van der Waals surface area contributed by atoms with Crippen LogP contribution in [0.15, 0.2) is 72.8 Å². The number of H-pyrrole nitrogens is 1. The number of ether oxygens (including phenoxy) is 2. The third kappa shape index (κ3) is 5.01. The Bertz CT molecular complexity index is 1500. The molecule has 3 saturated heterocycles. The van der Waals surface area contributed by atoms with Crippen LogP contribution in [0.4, 0.5) is 5.69 Å². The fourth-order valence-electron chi connectivity index (χ4n) is 6.95. The summed E-state index contributed by atoms with van der Waals surface area (Å²) in [7, 11) is 0. The Balaban J connectivity index is 1.11. The fraction of sp³-hybridized carbons (Fsp3) is 0.394. The summed E-state index contributed by atoms with van der Waals surface area (Å²) in [4.78, 5) is 15.8. The Morgan fingerprint density at radius 2 is 1.71 bits per heavy atom. The number of aromatic amines is 1. The molecule has 4 heterocycles. The molecule has 0 spiro atoms. The zero-order valence-electron chi connectivity index (χ0n) is 23.1. The first kappa shape index (κ1) is 26.2. The van der Waals surface area contributed by atoms with Crippen molar-refractivity contribution in [2.75, 3.05) is 37.9 Å². The number of rotatable bonds is 6. The SMILES string of the molecule is O=C(NCC1(c2ccccc2)CCOCC1)c1ccc2[nH]nc(-c3ccc(N4C5COCC4CC(O)C5)cc3)c2c1. The molecule has 3 aliphatic heterocycles. The van der Waals surface area contributed by atoms with Crippen molar-refractivity contribution in [3.63, 3.8) is 0 Å². The molecule has 8 heteroatoms. The van der Waals surface area contributed by atoms with Gasteiger partial charge in [-0.2, -0.15) is 5.10 Å². The number of aromatic nitrogens is 2. The highest BCUT2D eigenvalue weighted by molar-refractivity contribution is 6.01. The summed E-state index contributed by atoms with van der Waals surface area (Å²) >= 11 is 0. The highest BCUT2D eigenvalue weighted by atomic mass is 16.5. The van der Waals surface area contributed by atoms with Gasteiger partial charge in [0, 0.05) is 47.4 Å². The second-order valence-corrected chi connectivity index (χ2v) is 11.7. The summed E-state index contributed by atoms with van der Waals surface area (Å²) in [5.74, 6) is -0.0859. The fourth-order valence-corrected chi connectivity index (χ4v) is 6.95. The molecule has 3 aromatic carbocycles. The van der Waals surface area contributed by atoms with Crippen LogP contribution in [0, 0.1) is 0 Å². The molecule has 0 saturated carbocycles. The van der Waals surface area contributed by atoms with E-state index < -0.39 is 0 Å². The van der Waals surface area contributed by atoms with E-state index in [0.717, 1.165) is 53.5 Å². The molecule has 1 amide bonds. The number of carbonyl (C=O) groups is 1. The van der Waals surface area contributed by atoms with Gasteiger partial charge in [-0.05, 0) is 61.6 Å². The van der Waals surface area contributed by atoms with Crippen LogP contribution in [0.25, 0.3) is 22.2 Å². The second-order valence-electron chi connectivity index (χ2n) is 11.7. The van der Waals surface area contributed by atoms with Crippen molar-refractivity contribution in [1.29, 1.82) is 0 Å². The van der Waals surface area contributed by atoms with Gasteiger partial charge in [0.1, 0.15) is 0 Å². The first-order chi connectivity index (χ1) is 20.1. The van der Waals surface area contributed by atoms with Gasteiger partial charge in [-0.1, -0.05) is 42.5 Å². The van der Waals surface area contributed by atoms with Gasteiger partial charge in [-0.3, -0.25) is 9.89 Å². The summed E-state index contributed by atoms with van der Waals surface area (Å²) in [5.41, 5.74) is 5.58. The van der Waals surface area contributed by atoms with E-state index in [1.54, 1.807) is 0 Å². The molecule has 2 bridgehead atoms. The van der Waals surface area contributed by atoms with Gasteiger partial charge in [0.15, 0.2) is 0 Å². The Kier molecular flexibility index (Phi) is 6.98. The lowest BCUT2D eigenvalue weighted by molar-refractivity contribution is 0.00124. The Morgan fingerprint density at radius 1 is 0.976 bits per heavy atom. The van der Waals surface area contributed by atoms with E-state index in [1.807, 2.05) is 24.3 Å². The number of anilines is 1. The van der Waals surface area contributed by atoms with Crippen molar-refractivity contribution in [1.82, 2.24) is 15.5 Å². The van der Waals surface area contributed by atoms with E-state index in [2.05, 4.69) is 68.9 Å². The Hall–Kier alpha value is -3.72. The Morgan fingerprint density at radius 3 is 2.44 bits per heavy atom. The molecule has 4 aromatic rings. The van der Waals surface area contributed by atoms with Gasteiger partial charge in [0.2, 0.25) is 0 Å². The number of benzene rings is 3. The standard InChI is InChI=1S/C33H36N4O4/c38-28-17-26-19-41-20-27(18-28)37(26)25-9-6-22(7-10-25)31-29-16-23(8-11-30(29)35-36-31)32(39)34-21-33(12-14-40-15-13-33)24-4-2-1-3-5-24/h1-11,16,26-28,38H,12-15,17-21H2,(H,34,39)(H,35,36). The lowest BCUT2D eigenvalue weighted by Gasteiger charge is -2.48. The minimum atomic E-state index is -0.258. The molecule has 41 heavy (non-hydrogen) atoms. The number of amides is 1. The first-order valence-electron chi connectivity index (χ1n) is 14.6. The van der Waals surface area contributed by atoms with E-state index in [1.165, 1.54) is 5.56 Å². The summed E-state index contributed by atoms with van der Waals surface area (Å²) in [6.07, 6.45) is 2.96. The van der Waals surface area contributed by atoms with Gasteiger partial charge in [0.25, 0.3) is 5.91 Å². The number of hydrogen-bond acceptors (Lipinski definition) is 6. The summed E-state index contributed by atoms with van der Waals surface area (Å²) in [6.45, 7) is 3.25. The van der Waals surface area contributed by atoms with E-state index in [-0.39, 0.29) is 29.5 Å². The normalized spacial score (nSPS) is 23.8. The van der Waals surface area contributed by atoms with Gasteiger partial charge in [0.05, 0.1) is 42.6 Å². The van der Waals surface area contributed by atoms with Crippen LogP contribution in [-0.4, -0.2) is 72.4 Å². The van der Waals surface area contributed by atoms with Gasteiger partial charge in [-0.25, -0.2) is 0 Å². The third-order valence-electron chi connectivity index (χ3n) is 9.18. The minimum Gasteiger partial charge on any atom is -0.393 e. The lowest BCUT2D eigenvalue weighted by Crippen LogP contribution is -2.58. The van der Waals surface area contributed by atoms with Crippen LogP contribution < -0.4 is 10.2 Å². The average molecular weight is 553 g/mol. The maximum absolute atomic E-state index is 13.4. The van der Waals surface area contributed by atoms with Crippen molar-refractivity contribution in [2.24, 2.45) is 0 Å². The second kappa shape index (κ2) is 10.9. The number of hydrogen-bond donors (Lipinski definition) is 3. The Labute approximate surface area is 239 Å². The van der Waals surface area contributed by atoms with E-state index in [4.69, 9.17) is 9.47 Å². The molecule has 3 aliphatic rings. The molecular weight excluding hydrogens is 516 g/mol. The van der Waals surface area contributed by atoms with Crippen LogP contribution in [0.3, 0.4) is 0 Å². The molecule has 3 fully saturated rings. The van der Waals surface area contributed by atoms with Crippen molar-refractivity contribution in [3.05, 3.63) is 83.9 Å². The molecule has 1 aromatic heterocycles. The predicted octanol–water partition coefficient (Wildman–Crippen LogP) is 4.44. The molecule has 3 N–H and O–H groups in total. The number of carbonyl (C=O) groups excluding carboxylic acids is 1. The smallest absolute Gasteiger partial charge is 0.251 e. The van der Waals surface area contributed by atoms with Gasteiger partial charge < -0.3 is 24.8 Å². The quantitative estimate of drug-likeness (QED) is 0.327. The largest absolute Gasteiger partial charge is 0.393 e. The molecule has 0 radical (unpaired) electrons. The number of aliphatic hydroxyl groups is 1. The molecular formula is C33H36N4O4. The number of nitrogens with one attached hydrogen (secondary N) is 2. The number of piperidine rings is 1. The zero-order valence-corrected chi connectivity index (χ0v) is 23.1. The van der Waals surface area contributed by atoms with Crippen molar-refractivity contribution in [3.8, 4) is 11.3 Å². The van der Waals surface area contributed by atoms with Gasteiger partial charge in [-0.15, -0.1) is 0 Å². The highest BCUT2D eigenvalue weighted by Crippen LogP contribution is 2.36. The average Bonchev–Trinajstić information content (AvgIpc) is 3.44. The molecule has 0 aliphatic carbocycles. The molecule has 8 nitrogen and oxygen atoms in total. The topological polar surface area (TPSA) is 99.7 Å². The van der Waals surface area contributed by atoms with Crippen LogP contribution in [-0.2, 0) is 14.9 Å². The van der Waals surface area contributed by atoms with Crippen LogP contribution in [0.1, 0.15) is 41.6 Å². The molecule has 2 unspecified atom stereocenters. The highest BCUT2D eigenvalue weighted by Gasteiger charge is 2.38. The monoisotopic (exact) mass is 552 g/mol. The zero-order chi connectivity index (χ0) is 27.8. The van der Waals surface area contributed by atoms with Crippen molar-refractivity contribution >= 4 is 22.5 Å².